The van der Waals surface area contributed by atoms with Gasteiger partial charge in [-0.1, -0.05) is 18.2 Å². The maximum atomic E-state index is 12.2. The molecule has 5 heteroatoms. The molecule has 2 atom stereocenters. The Hall–Kier alpha value is -2.01. The highest BCUT2D eigenvalue weighted by atomic mass is 16.3. The molecule has 0 bridgehead atoms. The number of aliphatic hydroxyl groups excluding tert-OH is 1. The van der Waals surface area contributed by atoms with Gasteiger partial charge in [-0.05, 0) is 31.9 Å². The van der Waals surface area contributed by atoms with Crippen molar-refractivity contribution >= 4 is 17.0 Å². The van der Waals surface area contributed by atoms with Gasteiger partial charge in [0.05, 0.1) is 6.10 Å². The largest absolute Gasteiger partial charge is 0.461 e. The number of carbonyl (C=O) groups excluding carboxylic acids is 1. The van der Waals surface area contributed by atoms with E-state index < -0.39 is 0 Å². The van der Waals surface area contributed by atoms with Gasteiger partial charge in [-0.3, -0.25) is 0 Å². The molecular formula is C18H24N2O3. The molecule has 1 aliphatic rings. The lowest BCUT2D eigenvalue weighted by molar-refractivity contribution is 0.0740. The van der Waals surface area contributed by atoms with E-state index in [2.05, 4.69) is 5.32 Å². The number of para-hydroxylation sites is 1. The van der Waals surface area contributed by atoms with E-state index in [1.165, 1.54) is 0 Å². The van der Waals surface area contributed by atoms with Crippen LogP contribution in [0.4, 0.5) is 4.79 Å². The molecule has 0 saturated carbocycles. The first-order valence-electron chi connectivity index (χ1n) is 8.32. The molecular weight excluding hydrogens is 292 g/mol. The molecule has 2 N–H and O–H groups in total. The van der Waals surface area contributed by atoms with E-state index in [1.807, 2.05) is 30.3 Å². The highest BCUT2D eigenvalue weighted by Crippen LogP contribution is 2.20. The molecule has 1 aromatic carbocycles. The average molecular weight is 316 g/mol. The van der Waals surface area contributed by atoms with Gasteiger partial charge in [0, 0.05) is 37.4 Å². The molecule has 124 valence electrons. The van der Waals surface area contributed by atoms with Crippen LogP contribution < -0.4 is 5.32 Å². The van der Waals surface area contributed by atoms with Crippen LogP contribution in [-0.2, 0) is 6.42 Å². The highest BCUT2D eigenvalue weighted by Gasteiger charge is 2.26. The van der Waals surface area contributed by atoms with E-state index in [0.717, 1.165) is 36.1 Å². The predicted octanol–water partition coefficient (Wildman–Crippen LogP) is 2.78. The molecule has 3 rings (SSSR count). The Morgan fingerprint density at radius 1 is 1.48 bits per heavy atom. The van der Waals surface area contributed by atoms with Crippen LogP contribution in [0.1, 0.15) is 25.5 Å². The van der Waals surface area contributed by atoms with Crippen molar-refractivity contribution in [3.8, 4) is 0 Å². The minimum absolute atomic E-state index is 0.0496. The number of carbonyl (C=O) groups is 1. The molecule has 2 amide bonds. The van der Waals surface area contributed by atoms with Gasteiger partial charge in [-0.2, -0.15) is 0 Å². The number of nitrogens with zero attached hydrogens (tertiary/aromatic N) is 1. The van der Waals surface area contributed by atoms with E-state index in [4.69, 9.17) is 4.42 Å². The van der Waals surface area contributed by atoms with Crippen molar-refractivity contribution in [3.05, 3.63) is 36.1 Å². The summed E-state index contributed by atoms with van der Waals surface area (Å²) in [6.45, 7) is 3.75. The summed E-state index contributed by atoms with van der Waals surface area (Å²) in [5.74, 6) is 1.07. The lowest BCUT2D eigenvalue weighted by Gasteiger charge is -2.34. The maximum absolute atomic E-state index is 12.2. The second kappa shape index (κ2) is 7.04. The lowest BCUT2D eigenvalue weighted by atomic mass is 9.94. The Kier molecular flexibility index (Phi) is 4.86. The number of amides is 2. The van der Waals surface area contributed by atoms with E-state index in [1.54, 1.807) is 11.8 Å². The van der Waals surface area contributed by atoms with Gasteiger partial charge in [-0.15, -0.1) is 0 Å². The summed E-state index contributed by atoms with van der Waals surface area (Å²) in [7, 11) is 0. The number of likely N-dealkylation sites (tertiary alicyclic amines) is 1. The number of hydrogen-bond donors (Lipinski definition) is 2. The quantitative estimate of drug-likeness (QED) is 0.911. The number of piperidine rings is 1. The van der Waals surface area contributed by atoms with Crippen LogP contribution in [0.3, 0.4) is 0 Å². The third kappa shape index (κ3) is 3.85. The topological polar surface area (TPSA) is 65.7 Å². The van der Waals surface area contributed by atoms with Crippen molar-refractivity contribution in [2.45, 2.75) is 32.3 Å². The highest BCUT2D eigenvalue weighted by molar-refractivity contribution is 5.77. The molecule has 2 unspecified atom stereocenters. The van der Waals surface area contributed by atoms with Crippen LogP contribution in [0.25, 0.3) is 11.0 Å². The number of benzene rings is 1. The van der Waals surface area contributed by atoms with Crippen molar-refractivity contribution < 1.29 is 14.3 Å². The van der Waals surface area contributed by atoms with Crippen molar-refractivity contribution in [3.63, 3.8) is 0 Å². The second-order valence-corrected chi connectivity index (χ2v) is 6.32. The van der Waals surface area contributed by atoms with Gasteiger partial charge in [0.1, 0.15) is 11.3 Å². The summed E-state index contributed by atoms with van der Waals surface area (Å²) in [5.41, 5.74) is 0.879. The van der Waals surface area contributed by atoms with Crippen molar-refractivity contribution in [2.75, 3.05) is 19.6 Å². The van der Waals surface area contributed by atoms with Crippen LogP contribution in [-0.4, -0.2) is 41.8 Å². The number of furan rings is 1. The van der Waals surface area contributed by atoms with E-state index in [9.17, 15) is 9.90 Å². The molecule has 0 aliphatic carbocycles. The first-order valence-corrected chi connectivity index (χ1v) is 8.32. The summed E-state index contributed by atoms with van der Waals surface area (Å²) in [4.78, 5) is 14.0. The Labute approximate surface area is 136 Å². The Balaban J connectivity index is 1.49. The SMILES string of the molecule is CC(O)C1CCCN(C(=O)NCCc2cc3ccccc3o2)C1. The van der Waals surface area contributed by atoms with E-state index in [-0.39, 0.29) is 18.1 Å². The molecule has 0 radical (unpaired) electrons. The number of fused-ring (bicyclic) bond motifs is 1. The fraction of sp³-hybridized carbons (Fsp3) is 0.500. The predicted molar refractivity (Wildman–Crippen MR) is 89.3 cm³/mol. The van der Waals surface area contributed by atoms with Crippen LogP contribution in [0.5, 0.6) is 0 Å². The number of nitrogens with one attached hydrogen (secondary N) is 1. The normalized spacial score (nSPS) is 19.7. The van der Waals surface area contributed by atoms with Crippen LogP contribution in [0.2, 0.25) is 0 Å². The number of rotatable bonds is 4. The molecule has 23 heavy (non-hydrogen) atoms. The van der Waals surface area contributed by atoms with Gasteiger partial charge in [0.2, 0.25) is 0 Å². The summed E-state index contributed by atoms with van der Waals surface area (Å²) < 4.78 is 5.75. The molecule has 1 saturated heterocycles. The zero-order valence-electron chi connectivity index (χ0n) is 13.5. The summed E-state index contributed by atoms with van der Waals surface area (Å²) >= 11 is 0. The van der Waals surface area contributed by atoms with Crippen molar-refractivity contribution in [1.29, 1.82) is 0 Å². The van der Waals surface area contributed by atoms with E-state index >= 15 is 0 Å². The van der Waals surface area contributed by atoms with Gasteiger partial charge in [-0.25, -0.2) is 4.79 Å². The molecule has 5 nitrogen and oxygen atoms in total. The molecule has 1 aliphatic heterocycles. The third-order valence-corrected chi connectivity index (χ3v) is 4.55. The second-order valence-electron chi connectivity index (χ2n) is 6.32. The molecule has 2 heterocycles. The van der Waals surface area contributed by atoms with Crippen LogP contribution in [0.15, 0.2) is 34.7 Å². The number of hydrogen-bond acceptors (Lipinski definition) is 3. The fourth-order valence-electron chi connectivity index (χ4n) is 3.15. The Morgan fingerprint density at radius 2 is 2.30 bits per heavy atom. The van der Waals surface area contributed by atoms with Gasteiger partial charge >= 0.3 is 6.03 Å². The number of aliphatic hydroxyl groups is 1. The lowest BCUT2D eigenvalue weighted by Crippen LogP contribution is -2.47. The molecule has 1 aromatic heterocycles. The first kappa shape index (κ1) is 15.9. The molecule has 1 fully saturated rings. The summed E-state index contributed by atoms with van der Waals surface area (Å²) in [6, 6.07) is 9.87. The Bertz CT molecular complexity index is 632. The van der Waals surface area contributed by atoms with Crippen molar-refractivity contribution in [2.24, 2.45) is 5.92 Å². The van der Waals surface area contributed by atoms with Crippen LogP contribution >= 0.6 is 0 Å². The standard InChI is InChI=1S/C18H24N2O3/c1-13(21)15-6-4-10-20(12-15)18(22)19-9-8-16-11-14-5-2-3-7-17(14)23-16/h2-3,5,7,11,13,15,21H,4,6,8-10,12H2,1H3,(H,19,22). The maximum Gasteiger partial charge on any atom is 0.317 e. The zero-order chi connectivity index (χ0) is 16.2. The van der Waals surface area contributed by atoms with Crippen LogP contribution in [0, 0.1) is 5.92 Å². The molecule has 0 spiro atoms. The minimum Gasteiger partial charge on any atom is -0.461 e. The minimum atomic E-state index is -0.360. The van der Waals surface area contributed by atoms with E-state index in [0.29, 0.717) is 19.5 Å². The smallest absolute Gasteiger partial charge is 0.317 e. The summed E-state index contributed by atoms with van der Waals surface area (Å²) in [5, 5.41) is 13.7. The Morgan fingerprint density at radius 3 is 3.09 bits per heavy atom. The molecule has 2 aromatic rings. The van der Waals surface area contributed by atoms with Crippen molar-refractivity contribution in [1.82, 2.24) is 10.2 Å². The summed E-state index contributed by atoms with van der Waals surface area (Å²) in [6.07, 6.45) is 2.25. The fourth-order valence-corrected chi connectivity index (χ4v) is 3.15. The van der Waals surface area contributed by atoms with Gasteiger partial charge < -0.3 is 19.7 Å². The zero-order valence-corrected chi connectivity index (χ0v) is 13.5. The first-order chi connectivity index (χ1) is 11.1. The third-order valence-electron chi connectivity index (χ3n) is 4.55. The monoisotopic (exact) mass is 316 g/mol. The van der Waals surface area contributed by atoms with Gasteiger partial charge in [0.25, 0.3) is 0 Å². The average Bonchev–Trinajstić information content (AvgIpc) is 2.97. The number of urea groups is 1. The van der Waals surface area contributed by atoms with Gasteiger partial charge in [0.15, 0.2) is 0 Å².